The van der Waals surface area contributed by atoms with Crippen LogP contribution in [0.5, 0.6) is 5.75 Å². The van der Waals surface area contributed by atoms with E-state index in [1.165, 1.54) is 0 Å². The average Bonchev–Trinajstić information content (AvgIpc) is 3.16. The topological polar surface area (TPSA) is 60.2 Å². The highest BCUT2D eigenvalue weighted by atomic mass is 35.5. The molecule has 0 aliphatic rings. The molecule has 31 heavy (non-hydrogen) atoms. The molecule has 164 valence electrons. The molecule has 0 saturated heterocycles. The van der Waals surface area contributed by atoms with Crippen molar-refractivity contribution in [2.75, 3.05) is 20.7 Å². The predicted octanol–water partition coefficient (Wildman–Crippen LogP) is 5.44. The highest BCUT2D eigenvalue weighted by Gasteiger charge is 2.21. The molecule has 1 aromatic heterocycles. The zero-order valence-electron chi connectivity index (χ0n) is 18.4. The van der Waals surface area contributed by atoms with E-state index >= 15 is 0 Å². The molecule has 0 spiro atoms. The molecular formula is C23H27ClN4O2S. The number of thioether (sulfide) groups is 1. The summed E-state index contributed by atoms with van der Waals surface area (Å²) in [7, 11) is 4.03. The van der Waals surface area contributed by atoms with E-state index in [1.54, 1.807) is 24.8 Å². The van der Waals surface area contributed by atoms with Gasteiger partial charge in [0.15, 0.2) is 16.8 Å². The molecule has 0 aliphatic heterocycles. The fourth-order valence-electron chi connectivity index (χ4n) is 3.06. The average molecular weight is 459 g/mol. The predicted molar refractivity (Wildman–Crippen MR) is 126 cm³/mol. The van der Waals surface area contributed by atoms with Crippen LogP contribution in [-0.2, 0) is 5.75 Å². The minimum atomic E-state index is 0.0284. The molecule has 1 heterocycles. The van der Waals surface area contributed by atoms with Crippen LogP contribution in [0.1, 0.15) is 48.6 Å². The Bertz CT molecular complexity index is 1050. The lowest BCUT2D eigenvalue weighted by molar-refractivity contribution is 0.101. The second-order valence-electron chi connectivity index (χ2n) is 7.39. The van der Waals surface area contributed by atoms with Crippen molar-refractivity contribution in [3.05, 3.63) is 64.4 Å². The number of ketones is 1. The zero-order valence-corrected chi connectivity index (χ0v) is 20.0. The van der Waals surface area contributed by atoms with Crippen LogP contribution in [0.4, 0.5) is 0 Å². The van der Waals surface area contributed by atoms with Crippen molar-refractivity contribution in [3.63, 3.8) is 0 Å². The van der Waals surface area contributed by atoms with Crippen molar-refractivity contribution < 1.29 is 9.53 Å². The van der Waals surface area contributed by atoms with Gasteiger partial charge in [-0.2, -0.15) is 0 Å². The molecule has 0 bridgehead atoms. The highest BCUT2D eigenvalue weighted by molar-refractivity contribution is 7.98. The van der Waals surface area contributed by atoms with Gasteiger partial charge in [-0.25, -0.2) is 0 Å². The first-order valence-electron chi connectivity index (χ1n) is 10.1. The first kappa shape index (κ1) is 23.3. The number of nitrogens with zero attached hydrogens (tertiary/aromatic N) is 4. The van der Waals surface area contributed by atoms with E-state index in [2.05, 4.69) is 26.6 Å². The fraction of sp³-hybridized carbons (Fsp3) is 0.348. The van der Waals surface area contributed by atoms with Crippen molar-refractivity contribution in [1.29, 1.82) is 0 Å². The largest absolute Gasteiger partial charge is 0.494 e. The molecule has 1 atom stereocenters. The first-order valence-corrected chi connectivity index (χ1v) is 11.4. The Morgan fingerprint density at radius 3 is 2.52 bits per heavy atom. The summed E-state index contributed by atoms with van der Waals surface area (Å²) in [5.74, 6) is 2.25. The summed E-state index contributed by atoms with van der Waals surface area (Å²) >= 11 is 7.66. The third-order valence-electron chi connectivity index (χ3n) is 5.02. The Hall–Kier alpha value is -2.35. The lowest BCUT2D eigenvalue weighted by Crippen LogP contribution is -2.20. The number of ether oxygens (including phenoxy) is 1. The molecule has 1 unspecified atom stereocenters. The summed E-state index contributed by atoms with van der Waals surface area (Å²) in [5, 5.41) is 10.4. The summed E-state index contributed by atoms with van der Waals surface area (Å²) in [4.78, 5) is 14.0. The van der Waals surface area contributed by atoms with Gasteiger partial charge in [0.2, 0.25) is 0 Å². The second-order valence-corrected chi connectivity index (χ2v) is 8.77. The smallest absolute Gasteiger partial charge is 0.196 e. The zero-order chi connectivity index (χ0) is 22.5. The van der Waals surface area contributed by atoms with E-state index in [0.717, 1.165) is 28.0 Å². The van der Waals surface area contributed by atoms with Crippen molar-refractivity contribution in [2.24, 2.45) is 0 Å². The van der Waals surface area contributed by atoms with Gasteiger partial charge in [-0.05, 0) is 77.3 Å². The molecule has 0 N–H and O–H groups in total. The molecule has 0 fully saturated rings. The van der Waals surface area contributed by atoms with Gasteiger partial charge in [-0.1, -0.05) is 23.4 Å². The number of carbonyl (C=O) groups excluding carboxylic acids is 1. The van der Waals surface area contributed by atoms with Crippen molar-refractivity contribution in [1.82, 2.24) is 19.7 Å². The number of hydrogen-bond donors (Lipinski definition) is 0. The summed E-state index contributed by atoms with van der Waals surface area (Å²) in [6, 6.07) is 13.3. The van der Waals surface area contributed by atoms with Crippen molar-refractivity contribution >= 4 is 29.1 Å². The fourth-order valence-corrected chi connectivity index (χ4v) is 4.12. The summed E-state index contributed by atoms with van der Waals surface area (Å²) in [5.41, 5.74) is 2.57. The van der Waals surface area contributed by atoms with Crippen LogP contribution >= 0.6 is 23.4 Å². The molecule has 3 rings (SSSR count). The van der Waals surface area contributed by atoms with E-state index < -0.39 is 0 Å². The maximum absolute atomic E-state index is 11.9. The van der Waals surface area contributed by atoms with Crippen LogP contribution in [0.2, 0.25) is 5.02 Å². The van der Waals surface area contributed by atoms with Crippen molar-refractivity contribution in [3.8, 4) is 11.4 Å². The number of halogens is 1. The number of benzene rings is 2. The highest BCUT2D eigenvalue weighted by Crippen LogP contribution is 2.32. The number of rotatable bonds is 9. The Morgan fingerprint density at radius 1 is 1.19 bits per heavy atom. The summed E-state index contributed by atoms with van der Waals surface area (Å²) in [6.07, 6.45) is 0. The third kappa shape index (κ3) is 5.47. The standard InChI is InChI=1S/C23H27ClN4O2S/c1-6-30-21-12-7-17(16(3)29)13-18(21)14-31-23-26-25-22(15(2)27(4)5)28(23)20-10-8-19(24)9-11-20/h7-13,15H,6,14H2,1-5H3. The molecular weight excluding hydrogens is 432 g/mol. The molecule has 0 aliphatic carbocycles. The van der Waals surface area contributed by atoms with Gasteiger partial charge in [0.1, 0.15) is 5.75 Å². The first-order chi connectivity index (χ1) is 14.8. The van der Waals surface area contributed by atoms with Crippen LogP contribution in [0, 0.1) is 0 Å². The Labute approximate surface area is 192 Å². The van der Waals surface area contributed by atoms with Gasteiger partial charge in [0.05, 0.1) is 12.6 Å². The van der Waals surface area contributed by atoms with Gasteiger partial charge in [-0.15, -0.1) is 10.2 Å². The maximum Gasteiger partial charge on any atom is 0.196 e. The number of aromatic nitrogens is 3. The molecule has 6 nitrogen and oxygen atoms in total. The van der Waals surface area contributed by atoms with Crippen molar-refractivity contribution in [2.45, 2.75) is 37.7 Å². The van der Waals surface area contributed by atoms with E-state index in [1.807, 2.05) is 57.4 Å². The number of Topliss-reactive ketones (excluding diaryl/α,β-unsaturated/α-hetero) is 1. The molecule has 3 aromatic rings. The van der Waals surface area contributed by atoms with Gasteiger partial charge >= 0.3 is 0 Å². The second kappa shape index (κ2) is 10.3. The summed E-state index contributed by atoms with van der Waals surface area (Å²) < 4.78 is 7.83. The molecule has 0 saturated carbocycles. The monoisotopic (exact) mass is 458 g/mol. The van der Waals surface area contributed by atoms with Gasteiger partial charge in [-0.3, -0.25) is 14.3 Å². The number of hydrogen-bond acceptors (Lipinski definition) is 6. The number of carbonyl (C=O) groups is 1. The molecule has 2 aromatic carbocycles. The Morgan fingerprint density at radius 2 is 1.90 bits per heavy atom. The summed E-state index contributed by atoms with van der Waals surface area (Å²) in [6.45, 7) is 6.16. The lowest BCUT2D eigenvalue weighted by atomic mass is 10.1. The van der Waals surface area contributed by atoms with E-state index in [0.29, 0.717) is 22.9 Å². The van der Waals surface area contributed by atoms with Crippen LogP contribution in [0.25, 0.3) is 5.69 Å². The lowest BCUT2D eigenvalue weighted by Gasteiger charge is -2.20. The normalized spacial score (nSPS) is 12.2. The van der Waals surface area contributed by atoms with Crippen LogP contribution < -0.4 is 4.74 Å². The van der Waals surface area contributed by atoms with E-state index in [-0.39, 0.29) is 11.8 Å². The Balaban J connectivity index is 1.98. The SMILES string of the molecule is CCOc1ccc(C(C)=O)cc1CSc1nnc(C(C)N(C)C)n1-c1ccc(Cl)cc1. The van der Waals surface area contributed by atoms with Crippen LogP contribution in [0.15, 0.2) is 47.6 Å². The minimum Gasteiger partial charge on any atom is -0.494 e. The van der Waals surface area contributed by atoms with Gasteiger partial charge in [0, 0.05) is 27.6 Å². The van der Waals surface area contributed by atoms with Gasteiger partial charge in [0.25, 0.3) is 0 Å². The molecule has 0 amide bonds. The minimum absolute atomic E-state index is 0.0284. The Kier molecular flexibility index (Phi) is 7.75. The van der Waals surface area contributed by atoms with Crippen LogP contribution in [0.3, 0.4) is 0 Å². The van der Waals surface area contributed by atoms with E-state index in [9.17, 15) is 4.79 Å². The molecule has 0 radical (unpaired) electrons. The molecule has 8 heteroatoms. The maximum atomic E-state index is 11.9. The van der Waals surface area contributed by atoms with Crippen LogP contribution in [-0.4, -0.2) is 46.1 Å². The van der Waals surface area contributed by atoms with Gasteiger partial charge < -0.3 is 4.74 Å². The quantitative estimate of drug-likeness (QED) is 0.314. The van der Waals surface area contributed by atoms with E-state index in [4.69, 9.17) is 16.3 Å². The third-order valence-corrected chi connectivity index (χ3v) is 6.24.